The molecule has 0 aliphatic carbocycles. The minimum Gasteiger partial charge on any atom is -0.444 e. The SMILES string of the molecule is Cc1ccc(C)c(S(=O)(=O)N2CCCN(C(=O)OC(C)(C)C)CC2)c1. The monoisotopic (exact) mass is 368 g/mol. The fourth-order valence-corrected chi connectivity index (χ4v) is 4.55. The Hall–Kier alpha value is -1.60. The molecule has 1 aromatic carbocycles. The zero-order chi connectivity index (χ0) is 18.8. The second kappa shape index (κ2) is 7.33. The maximum Gasteiger partial charge on any atom is 0.410 e. The number of sulfonamides is 1. The smallest absolute Gasteiger partial charge is 0.410 e. The fourth-order valence-electron chi connectivity index (χ4n) is 2.77. The van der Waals surface area contributed by atoms with Gasteiger partial charge in [0.05, 0.1) is 4.90 Å². The second-order valence-electron chi connectivity index (χ2n) is 7.49. The normalized spacial score (nSPS) is 17.2. The maximum absolute atomic E-state index is 13.0. The van der Waals surface area contributed by atoms with Crippen molar-refractivity contribution in [1.82, 2.24) is 9.21 Å². The van der Waals surface area contributed by atoms with Crippen LogP contribution in [0.3, 0.4) is 0 Å². The van der Waals surface area contributed by atoms with E-state index >= 15 is 0 Å². The summed E-state index contributed by atoms with van der Waals surface area (Å²) < 4.78 is 32.9. The highest BCUT2D eigenvalue weighted by atomic mass is 32.2. The van der Waals surface area contributed by atoms with Crippen molar-refractivity contribution in [2.45, 2.75) is 51.5 Å². The topological polar surface area (TPSA) is 66.9 Å². The summed E-state index contributed by atoms with van der Waals surface area (Å²) in [7, 11) is -3.57. The Bertz CT molecular complexity index is 738. The Labute approximate surface area is 150 Å². The van der Waals surface area contributed by atoms with E-state index in [1.54, 1.807) is 17.9 Å². The van der Waals surface area contributed by atoms with E-state index in [2.05, 4.69) is 0 Å². The van der Waals surface area contributed by atoms with Crippen LogP contribution in [0.5, 0.6) is 0 Å². The lowest BCUT2D eigenvalue weighted by molar-refractivity contribution is 0.0260. The third-order valence-corrected chi connectivity index (χ3v) is 6.11. The largest absolute Gasteiger partial charge is 0.444 e. The van der Waals surface area contributed by atoms with Gasteiger partial charge in [0.2, 0.25) is 10.0 Å². The minimum absolute atomic E-state index is 0.273. The number of aryl methyl sites for hydroxylation is 2. The van der Waals surface area contributed by atoms with Gasteiger partial charge in [-0.25, -0.2) is 13.2 Å². The van der Waals surface area contributed by atoms with Crippen LogP contribution in [0.1, 0.15) is 38.3 Å². The van der Waals surface area contributed by atoms with Crippen molar-refractivity contribution in [1.29, 1.82) is 0 Å². The molecule has 0 spiro atoms. The molecule has 0 unspecified atom stereocenters. The van der Waals surface area contributed by atoms with Gasteiger partial charge >= 0.3 is 6.09 Å². The van der Waals surface area contributed by atoms with Crippen LogP contribution in [-0.4, -0.2) is 55.5 Å². The average Bonchev–Trinajstić information content (AvgIpc) is 2.74. The molecule has 1 fully saturated rings. The molecule has 140 valence electrons. The van der Waals surface area contributed by atoms with E-state index in [1.807, 2.05) is 39.8 Å². The van der Waals surface area contributed by atoms with Crippen molar-refractivity contribution in [3.8, 4) is 0 Å². The van der Waals surface area contributed by atoms with Crippen LogP contribution in [0.2, 0.25) is 0 Å². The van der Waals surface area contributed by atoms with Crippen LogP contribution in [0.4, 0.5) is 4.79 Å². The highest BCUT2D eigenvalue weighted by Crippen LogP contribution is 2.23. The summed E-state index contributed by atoms with van der Waals surface area (Å²) in [6.07, 6.45) is 0.196. The zero-order valence-electron chi connectivity index (χ0n) is 15.7. The highest BCUT2D eigenvalue weighted by Gasteiger charge is 2.30. The molecule has 25 heavy (non-hydrogen) atoms. The first-order chi connectivity index (χ1) is 11.5. The van der Waals surface area contributed by atoms with Crippen LogP contribution < -0.4 is 0 Å². The molecule has 6 nitrogen and oxygen atoms in total. The van der Waals surface area contributed by atoms with Crippen molar-refractivity contribution in [3.63, 3.8) is 0 Å². The summed E-state index contributed by atoms with van der Waals surface area (Å²) in [6.45, 7) is 10.6. The molecule has 0 N–H and O–H groups in total. The Morgan fingerprint density at radius 2 is 1.76 bits per heavy atom. The molecule has 0 bridgehead atoms. The predicted molar refractivity (Wildman–Crippen MR) is 97.1 cm³/mol. The van der Waals surface area contributed by atoms with Gasteiger partial charge in [-0.1, -0.05) is 12.1 Å². The molecule has 0 atom stereocenters. The van der Waals surface area contributed by atoms with Crippen LogP contribution in [-0.2, 0) is 14.8 Å². The molecule has 2 rings (SSSR count). The van der Waals surface area contributed by atoms with Crippen molar-refractivity contribution in [3.05, 3.63) is 29.3 Å². The molecule has 7 heteroatoms. The third-order valence-electron chi connectivity index (χ3n) is 4.07. The van der Waals surface area contributed by atoms with Crippen LogP contribution in [0.25, 0.3) is 0 Å². The van der Waals surface area contributed by atoms with Crippen LogP contribution >= 0.6 is 0 Å². The van der Waals surface area contributed by atoms with E-state index in [-0.39, 0.29) is 6.54 Å². The number of rotatable bonds is 2. The number of ether oxygens (including phenoxy) is 1. The van der Waals surface area contributed by atoms with Crippen LogP contribution in [0, 0.1) is 13.8 Å². The second-order valence-corrected chi connectivity index (χ2v) is 9.40. The summed E-state index contributed by atoms with van der Waals surface area (Å²) in [6, 6.07) is 5.44. The summed E-state index contributed by atoms with van der Waals surface area (Å²) in [5, 5.41) is 0. The summed E-state index contributed by atoms with van der Waals surface area (Å²) in [5.41, 5.74) is 1.08. The van der Waals surface area contributed by atoms with Gasteiger partial charge < -0.3 is 9.64 Å². The number of nitrogens with zero attached hydrogens (tertiary/aromatic N) is 2. The molecule has 1 heterocycles. The van der Waals surface area contributed by atoms with Crippen molar-refractivity contribution < 1.29 is 17.9 Å². The van der Waals surface area contributed by atoms with Gasteiger partial charge in [0.1, 0.15) is 5.60 Å². The first kappa shape index (κ1) is 19.7. The van der Waals surface area contributed by atoms with E-state index in [0.29, 0.717) is 31.0 Å². The molecule has 0 radical (unpaired) electrons. The quantitative estimate of drug-likeness (QED) is 0.805. The lowest BCUT2D eigenvalue weighted by Crippen LogP contribution is -2.40. The van der Waals surface area contributed by atoms with Crippen molar-refractivity contribution in [2.75, 3.05) is 26.2 Å². The maximum atomic E-state index is 13.0. The summed E-state index contributed by atoms with van der Waals surface area (Å²) in [5.74, 6) is 0. The van der Waals surface area contributed by atoms with Gasteiger partial charge in [-0.3, -0.25) is 0 Å². The molecule has 1 aromatic rings. The minimum atomic E-state index is -3.57. The number of benzene rings is 1. The van der Waals surface area contributed by atoms with Gasteiger partial charge in [0.15, 0.2) is 0 Å². The molecule has 1 amide bonds. The summed E-state index contributed by atoms with van der Waals surface area (Å²) in [4.78, 5) is 14.2. The highest BCUT2D eigenvalue weighted by molar-refractivity contribution is 7.89. The number of hydrogen-bond acceptors (Lipinski definition) is 4. The van der Waals surface area contributed by atoms with Gasteiger partial charge in [0.25, 0.3) is 0 Å². The fraction of sp³-hybridized carbons (Fsp3) is 0.611. The predicted octanol–water partition coefficient (Wildman–Crippen LogP) is 2.93. The lowest BCUT2D eigenvalue weighted by atomic mass is 10.2. The lowest BCUT2D eigenvalue weighted by Gasteiger charge is -2.26. The number of hydrogen-bond donors (Lipinski definition) is 0. The Morgan fingerprint density at radius 1 is 1.08 bits per heavy atom. The zero-order valence-corrected chi connectivity index (χ0v) is 16.5. The van der Waals surface area contributed by atoms with E-state index in [4.69, 9.17) is 4.74 Å². The molecule has 1 aliphatic heterocycles. The molecular formula is C18H28N2O4S. The molecule has 0 saturated carbocycles. The van der Waals surface area contributed by atoms with E-state index < -0.39 is 21.7 Å². The van der Waals surface area contributed by atoms with Gasteiger partial charge in [-0.2, -0.15) is 4.31 Å². The van der Waals surface area contributed by atoms with E-state index in [0.717, 1.165) is 11.1 Å². The van der Waals surface area contributed by atoms with Crippen molar-refractivity contribution in [2.24, 2.45) is 0 Å². The van der Waals surface area contributed by atoms with Crippen LogP contribution in [0.15, 0.2) is 23.1 Å². The Balaban J connectivity index is 2.15. The standard InChI is InChI=1S/C18H28N2O4S/c1-14-7-8-15(2)16(13-14)25(22,23)20-10-6-9-19(11-12-20)17(21)24-18(3,4)5/h7-8,13H,6,9-12H2,1-5H3. The summed E-state index contributed by atoms with van der Waals surface area (Å²) >= 11 is 0. The number of amides is 1. The van der Waals surface area contributed by atoms with Gasteiger partial charge in [0, 0.05) is 26.2 Å². The first-order valence-corrected chi connectivity index (χ1v) is 10.00. The molecular weight excluding hydrogens is 340 g/mol. The first-order valence-electron chi connectivity index (χ1n) is 8.56. The molecule has 1 saturated heterocycles. The Kier molecular flexibility index (Phi) is 5.79. The van der Waals surface area contributed by atoms with Gasteiger partial charge in [-0.15, -0.1) is 0 Å². The van der Waals surface area contributed by atoms with E-state index in [9.17, 15) is 13.2 Å². The number of carbonyl (C=O) groups is 1. The number of carbonyl (C=O) groups excluding carboxylic acids is 1. The average molecular weight is 368 g/mol. The van der Waals surface area contributed by atoms with Gasteiger partial charge in [-0.05, 0) is 58.2 Å². The third kappa shape index (κ3) is 4.95. The molecule has 0 aromatic heterocycles. The van der Waals surface area contributed by atoms with E-state index in [1.165, 1.54) is 4.31 Å². The van der Waals surface area contributed by atoms with Crippen molar-refractivity contribution >= 4 is 16.1 Å². The molecule has 1 aliphatic rings. The Morgan fingerprint density at radius 3 is 2.40 bits per heavy atom.